The number of fused-ring (bicyclic) bond motifs is 1. The topological polar surface area (TPSA) is 64.3 Å². The van der Waals surface area contributed by atoms with Crippen LogP contribution in [0.4, 0.5) is 0 Å². The molecule has 4 heteroatoms. The fraction of sp³-hybridized carbons (Fsp3) is 0.588. The Bertz CT molecular complexity index is 514. The Hall–Kier alpha value is -1.55. The largest absolute Gasteiger partial charge is 0.493 e. The van der Waals surface area contributed by atoms with Gasteiger partial charge < -0.3 is 15.8 Å². The molecule has 0 spiro atoms. The first-order chi connectivity index (χ1) is 9.90. The molecule has 1 unspecified atom stereocenters. The van der Waals surface area contributed by atoms with E-state index in [0.717, 1.165) is 38.2 Å². The van der Waals surface area contributed by atoms with Crippen molar-refractivity contribution in [2.75, 3.05) is 13.2 Å². The maximum atomic E-state index is 11.7. The number of nitrogens with two attached hydrogens (primary N) is 1. The van der Waals surface area contributed by atoms with Crippen molar-refractivity contribution in [2.24, 2.45) is 11.7 Å². The van der Waals surface area contributed by atoms with E-state index in [0.29, 0.717) is 5.92 Å². The molecule has 0 bridgehead atoms. The molecule has 2 rings (SSSR count). The Balaban J connectivity index is 1.92. The van der Waals surface area contributed by atoms with E-state index in [1.807, 2.05) is 13.0 Å². The summed E-state index contributed by atoms with van der Waals surface area (Å²) in [7, 11) is 0. The predicted octanol–water partition coefficient (Wildman–Crippen LogP) is 2.04. The smallest absolute Gasteiger partial charge is 0.237 e. The minimum atomic E-state index is -0.631. The summed E-state index contributed by atoms with van der Waals surface area (Å²) < 4.78 is 5.51. The van der Waals surface area contributed by atoms with E-state index in [4.69, 9.17) is 10.5 Å². The van der Waals surface area contributed by atoms with Gasteiger partial charge in [0, 0.05) is 13.0 Å². The number of hydrogen-bond acceptors (Lipinski definition) is 3. The summed E-state index contributed by atoms with van der Waals surface area (Å²) in [5.41, 5.74) is 7.47. The highest BCUT2D eigenvalue weighted by atomic mass is 16.5. The number of carbonyl (C=O) groups excluding carboxylic acids is 1. The van der Waals surface area contributed by atoms with Crippen LogP contribution in [0.2, 0.25) is 0 Å². The van der Waals surface area contributed by atoms with Crippen LogP contribution in [0.1, 0.15) is 38.3 Å². The van der Waals surface area contributed by atoms with Crippen LogP contribution in [-0.2, 0) is 17.6 Å². The van der Waals surface area contributed by atoms with E-state index in [9.17, 15) is 4.79 Å². The monoisotopic (exact) mass is 290 g/mol. The van der Waals surface area contributed by atoms with Gasteiger partial charge in [0.25, 0.3) is 0 Å². The minimum absolute atomic E-state index is 0.279. The average molecular weight is 290 g/mol. The molecule has 0 saturated heterocycles. The van der Waals surface area contributed by atoms with Gasteiger partial charge >= 0.3 is 0 Å². The molecule has 1 aromatic carbocycles. The van der Waals surface area contributed by atoms with Crippen LogP contribution in [0.25, 0.3) is 0 Å². The third kappa shape index (κ3) is 3.97. The van der Waals surface area contributed by atoms with Crippen molar-refractivity contribution in [2.45, 2.75) is 45.6 Å². The molecule has 0 fully saturated rings. The van der Waals surface area contributed by atoms with Crippen LogP contribution in [-0.4, -0.2) is 24.6 Å². The van der Waals surface area contributed by atoms with Crippen molar-refractivity contribution in [1.29, 1.82) is 0 Å². The Labute approximate surface area is 127 Å². The summed E-state index contributed by atoms with van der Waals surface area (Å²) in [6.45, 7) is 7.62. The molecular weight excluding hydrogens is 264 g/mol. The van der Waals surface area contributed by atoms with Crippen molar-refractivity contribution in [1.82, 2.24) is 5.32 Å². The van der Waals surface area contributed by atoms with Crippen LogP contribution in [0.15, 0.2) is 18.2 Å². The van der Waals surface area contributed by atoms with Gasteiger partial charge in [0.2, 0.25) is 5.91 Å². The average Bonchev–Trinajstić information content (AvgIpc) is 2.85. The molecular formula is C17H26N2O2. The summed E-state index contributed by atoms with van der Waals surface area (Å²) in [6, 6.07) is 6.34. The third-order valence-electron chi connectivity index (χ3n) is 4.04. The van der Waals surface area contributed by atoms with Crippen LogP contribution >= 0.6 is 0 Å². The highest BCUT2D eigenvalue weighted by Crippen LogP contribution is 2.26. The first-order valence-corrected chi connectivity index (χ1v) is 7.70. The second kappa shape index (κ2) is 6.48. The minimum Gasteiger partial charge on any atom is -0.493 e. The van der Waals surface area contributed by atoms with Crippen molar-refractivity contribution >= 4 is 5.91 Å². The summed E-state index contributed by atoms with van der Waals surface area (Å²) >= 11 is 0. The molecule has 1 aromatic rings. The molecule has 1 amide bonds. The number of nitrogens with one attached hydrogen (secondary N) is 1. The molecule has 1 aliphatic heterocycles. The summed E-state index contributed by atoms with van der Waals surface area (Å²) in [5, 5.41) is 3.34. The second-order valence-electron chi connectivity index (χ2n) is 6.51. The number of amides is 1. The van der Waals surface area contributed by atoms with Crippen molar-refractivity contribution in [3.05, 3.63) is 29.3 Å². The van der Waals surface area contributed by atoms with Crippen molar-refractivity contribution in [3.63, 3.8) is 0 Å². The van der Waals surface area contributed by atoms with E-state index in [1.54, 1.807) is 0 Å². The van der Waals surface area contributed by atoms with Crippen molar-refractivity contribution in [3.8, 4) is 5.75 Å². The quantitative estimate of drug-likeness (QED) is 0.807. The molecule has 3 N–H and O–H groups in total. The maximum absolute atomic E-state index is 11.7. The number of carbonyl (C=O) groups is 1. The lowest BCUT2D eigenvalue weighted by atomic mass is 9.90. The Morgan fingerprint density at radius 2 is 2.24 bits per heavy atom. The molecule has 4 nitrogen and oxygen atoms in total. The fourth-order valence-corrected chi connectivity index (χ4v) is 2.95. The van der Waals surface area contributed by atoms with Gasteiger partial charge in [-0.15, -0.1) is 0 Å². The van der Waals surface area contributed by atoms with Gasteiger partial charge in [-0.1, -0.05) is 26.0 Å². The van der Waals surface area contributed by atoms with Gasteiger partial charge in [-0.3, -0.25) is 4.79 Å². The number of benzene rings is 1. The number of hydrogen-bond donors (Lipinski definition) is 2. The van der Waals surface area contributed by atoms with E-state index < -0.39 is 5.54 Å². The SMILES string of the molecule is CC(C)CC(C)(NCCc1ccc2c(c1)CCO2)C(N)=O. The molecule has 21 heavy (non-hydrogen) atoms. The molecule has 0 saturated carbocycles. The van der Waals surface area contributed by atoms with Gasteiger partial charge in [-0.05, 0) is 42.9 Å². The standard InChI is InChI=1S/C17H26N2O2/c1-12(2)11-17(3,16(18)20)19-8-6-13-4-5-15-14(10-13)7-9-21-15/h4-5,10,12,19H,6-9,11H2,1-3H3,(H2,18,20). The summed E-state index contributed by atoms with van der Waals surface area (Å²) in [4.78, 5) is 11.7. The molecule has 116 valence electrons. The normalized spacial score (nSPS) is 16.4. The maximum Gasteiger partial charge on any atom is 0.237 e. The van der Waals surface area contributed by atoms with E-state index in [2.05, 4.69) is 31.3 Å². The Morgan fingerprint density at radius 3 is 2.90 bits per heavy atom. The zero-order valence-corrected chi connectivity index (χ0v) is 13.2. The Morgan fingerprint density at radius 1 is 1.48 bits per heavy atom. The van der Waals surface area contributed by atoms with Crippen molar-refractivity contribution < 1.29 is 9.53 Å². The first kappa shape index (κ1) is 15.8. The first-order valence-electron chi connectivity index (χ1n) is 7.70. The van der Waals surface area contributed by atoms with E-state index >= 15 is 0 Å². The number of rotatable bonds is 7. The molecule has 1 aliphatic rings. The number of primary amides is 1. The summed E-state index contributed by atoms with van der Waals surface area (Å²) in [5.74, 6) is 1.15. The van der Waals surface area contributed by atoms with Crippen LogP contribution < -0.4 is 15.8 Å². The molecule has 1 heterocycles. The van der Waals surface area contributed by atoms with Crippen LogP contribution in [0.3, 0.4) is 0 Å². The van der Waals surface area contributed by atoms with Crippen LogP contribution in [0, 0.1) is 5.92 Å². The van der Waals surface area contributed by atoms with E-state index in [1.165, 1.54) is 11.1 Å². The zero-order chi connectivity index (χ0) is 15.5. The molecule has 1 atom stereocenters. The van der Waals surface area contributed by atoms with E-state index in [-0.39, 0.29) is 5.91 Å². The lowest BCUT2D eigenvalue weighted by Gasteiger charge is -2.29. The van der Waals surface area contributed by atoms with Gasteiger partial charge in [0.1, 0.15) is 5.75 Å². The number of ether oxygens (including phenoxy) is 1. The summed E-state index contributed by atoms with van der Waals surface area (Å²) in [6.07, 6.45) is 2.62. The molecule has 0 aliphatic carbocycles. The van der Waals surface area contributed by atoms with Gasteiger partial charge in [0.05, 0.1) is 12.1 Å². The predicted molar refractivity (Wildman–Crippen MR) is 84.4 cm³/mol. The highest BCUT2D eigenvalue weighted by molar-refractivity contribution is 5.84. The highest BCUT2D eigenvalue weighted by Gasteiger charge is 2.30. The lowest BCUT2D eigenvalue weighted by Crippen LogP contribution is -2.54. The van der Waals surface area contributed by atoms with Gasteiger partial charge in [-0.2, -0.15) is 0 Å². The third-order valence-corrected chi connectivity index (χ3v) is 4.04. The van der Waals surface area contributed by atoms with Gasteiger partial charge in [0.15, 0.2) is 0 Å². The van der Waals surface area contributed by atoms with Crippen LogP contribution in [0.5, 0.6) is 5.75 Å². The molecule has 0 radical (unpaired) electrons. The second-order valence-corrected chi connectivity index (χ2v) is 6.51. The Kier molecular flexibility index (Phi) is 4.88. The molecule has 0 aromatic heterocycles. The fourth-order valence-electron chi connectivity index (χ4n) is 2.95. The zero-order valence-electron chi connectivity index (χ0n) is 13.2. The lowest BCUT2D eigenvalue weighted by molar-refractivity contribution is -0.124. The van der Waals surface area contributed by atoms with Gasteiger partial charge in [-0.25, -0.2) is 0 Å².